The van der Waals surface area contributed by atoms with Gasteiger partial charge >= 0.3 is 0 Å². The van der Waals surface area contributed by atoms with Gasteiger partial charge in [-0.2, -0.15) is 5.10 Å². The van der Waals surface area contributed by atoms with E-state index in [0.717, 1.165) is 17.8 Å². The van der Waals surface area contributed by atoms with Gasteiger partial charge in [0.2, 0.25) is 5.91 Å². The smallest absolute Gasteiger partial charge is 0.241 e. The highest BCUT2D eigenvalue weighted by Gasteiger charge is 2.27. The van der Waals surface area contributed by atoms with Gasteiger partial charge in [-0.05, 0) is 31.4 Å². The second-order valence-electron chi connectivity index (χ2n) is 5.78. The molecule has 1 heterocycles. The number of hydrogen-bond donors (Lipinski definition) is 3. The Balaban J connectivity index is 1.72. The van der Waals surface area contributed by atoms with E-state index in [1.807, 2.05) is 31.2 Å². The van der Waals surface area contributed by atoms with E-state index in [9.17, 15) is 4.79 Å². The fourth-order valence-corrected chi connectivity index (χ4v) is 2.36. The lowest BCUT2D eigenvalue weighted by atomic mass is 10.1. The Bertz CT molecular complexity index is 662. The van der Waals surface area contributed by atoms with E-state index in [1.165, 1.54) is 12.8 Å². The summed E-state index contributed by atoms with van der Waals surface area (Å²) in [4.78, 5) is 16.5. The van der Waals surface area contributed by atoms with Crippen molar-refractivity contribution in [2.24, 2.45) is 5.73 Å². The minimum atomic E-state index is -0.473. The molecule has 3 rings (SSSR count). The number of nitrogens with two attached hydrogens (primary N) is 1. The average Bonchev–Trinajstić information content (AvgIpc) is 3.25. The summed E-state index contributed by atoms with van der Waals surface area (Å²) < 4.78 is 0. The van der Waals surface area contributed by atoms with Crippen molar-refractivity contribution in [3.8, 4) is 11.4 Å². The third-order valence-electron chi connectivity index (χ3n) is 3.79. The van der Waals surface area contributed by atoms with Crippen molar-refractivity contribution < 1.29 is 4.79 Å². The molecule has 1 aliphatic rings. The van der Waals surface area contributed by atoms with Crippen LogP contribution in [0.25, 0.3) is 11.4 Å². The Hall–Kier alpha value is -2.21. The van der Waals surface area contributed by atoms with Gasteiger partial charge in [-0.1, -0.05) is 25.5 Å². The van der Waals surface area contributed by atoms with E-state index in [2.05, 4.69) is 20.5 Å². The van der Waals surface area contributed by atoms with Crippen LogP contribution in [-0.4, -0.2) is 27.1 Å². The van der Waals surface area contributed by atoms with E-state index >= 15 is 0 Å². The number of nitrogens with one attached hydrogen (secondary N) is 2. The van der Waals surface area contributed by atoms with Crippen LogP contribution < -0.4 is 11.1 Å². The number of carbonyl (C=O) groups excluding carboxylic acids is 1. The van der Waals surface area contributed by atoms with Gasteiger partial charge in [-0.15, -0.1) is 0 Å². The molecule has 116 valence electrons. The Labute approximate surface area is 129 Å². The molecule has 6 nitrogen and oxygen atoms in total. The van der Waals surface area contributed by atoms with Crippen LogP contribution in [0, 0.1) is 0 Å². The van der Waals surface area contributed by atoms with Crippen LogP contribution in [0.1, 0.15) is 44.3 Å². The van der Waals surface area contributed by atoms with Crippen molar-refractivity contribution in [2.45, 2.75) is 44.6 Å². The fraction of sp³-hybridized carbons (Fsp3) is 0.438. The summed E-state index contributed by atoms with van der Waals surface area (Å²) in [5, 5.41) is 10.1. The van der Waals surface area contributed by atoms with Gasteiger partial charge in [0.25, 0.3) is 0 Å². The van der Waals surface area contributed by atoms with E-state index in [-0.39, 0.29) is 5.91 Å². The van der Waals surface area contributed by atoms with Crippen LogP contribution in [-0.2, 0) is 4.79 Å². The van der Waals surface area contributed by atoms with Crippen molar-refractivity contribution in [2.75, 3.05) is 5.32 Å². The molecule has 0 radical (unpaired) electrons. The van der Waals surface area contributed by atoms with Crippen LogP contribution in [0.2, 0.25) is 0 Å². The zero-order chi connectivity index (χ0) is 15.5. The van der Waals surface area contributed by atoms with Gasteiger partial charge in [-0.25, -0.2) is 4.98 Å². The van der Waals surface area contributed by atoms with Gasteiger partial charge < -0.3 is 11.1 Å². The summed E-state index contributed by atoms with van der Waals surface area (Å²) in [6, 6.07) is 7.05. The van der Waals surface area contributed by atoms with Crippen molar-refractivity contribution in [1.29, 1.82) is 0 Å². The molecule has 1 aliphatic carbocycles. The molecule has 1 aromatic heterocycles. The minimum absolute atomic E-state index is 0.160. The second kappa shape index (κ2) is 6.27. The molecule has 0 aliphatic heterocycles. The summed E-state index contributed by atoms with van der Waals surface area (Å²) in [6.45, 7) is 2.01. The lowest BCUT2D eigenvalue weighted by molar-refractivity contribution is -0.117. The summed E-state index contributed by atoms with van der Waals surface area (Å²) in [7, 11) is 0. The maximum absolute atomic E-state index is 12.0. The SMILES string of the molecule is CCCC(N)C(=O)Nc1cccc(-c2n[nH]c(C3CC3)n2)c1. The highest BCUT2D eigenvalue weighted by molar-refractivity contribution is 5.95. The third kappa shape index (κ3) is 3.33. The van der Waals surface area contributed by atoms with E-state index in [0.29, 0.717) is 23.9 Å². The first kappa shape index (κ1) is 14.7. The molecular weight excluding hydrogens is 278 g/mol. The lowest BCUT2D eigenvalue weighted by Gasteiger charge is -2.11. The van der Waals surface area contributed by atoms with Gasteiger partial charge in [0, 0.05) is 17.2 Å². The monoisotopic (exact) mass is 299 g/mol. The van der Waals surface area contributed by atoms with Crippen molar-refractivity contribution >= 4 is 11.6 Å². The molecule has 0 spiro atoms. The molecule has 0 bridgehead atoms. The number of carbonyl (C=O) groups is 1. The molecule has 1 aromatic carbocycles. The van der Waals surface area contributed by atoms with Crippen molar-refractivity contribution in [3.63, 3.8) is 0 Å². The standard InChI is InChI=1S/C16H21N5O/c1-2-4-13(17)16(22)18-12-6-3-5-11(9-12)15-19-14(20-21-15)10-7-8-10/h3,5-6,9-10,13H,2,4,7-8,17H2,1H3,(H,18,22)(H,19,20,21). The molecule has 6 heteroatoms. The molecule has 4 N–H and O–H groups in total. The van der Waals surface area contributed by atoms with E-state index in [4.69, 9.17) is 5.73 Å². The number of nitrogens with zero attached hydrogens (tertiary/aromatic N) is 2. The topological polar surface area (TPSA) is 96.7 Å². The second-order valence-corrected chi connectivity index (χ2v) is 5.78. The quantitative estimate of drug-likeness (QED) is 0.763. The third-order valence-corrected chi connectivity index (χ3v) is 3.79. The fourth-order valence-electron chi connectivity index (χ4n) is 2.36. The van der Waals surface area contributed by atoms with Gasteiger partial charge in [0.15, 0.2) is 5.82 Å². The first-order chi connectivity index (χ1) is 10.7. The summed E-state index contributed by atoms with van der Waals surface area (Å²) in [6.07, 6.45) is 3.92. The molecule has 2 aromatic rings. The van der Waals surface area contributed by atoms with E-state index < -0.39 is 6.04 Å². The van der Waals surface area contributed by atoms with E-state index in [1.54, 1.807) is 0 Å². The maximum Gasteiger partial charge on any atom is 0.241 e. The minimum Gasteiger partial charge on any atom is -0.325 e. The van der Waals surface area contributed by atoms with Crippen LogP contribution in [0.5, 0.6) is 0 Å². The number of H-pyrrole nitrogens is 1. The molecular formula is C16H21N5O. The molecule has 0 saturated heterocycles. The van der Waals surface area contributed by atoms with Crippen LogP contribution in [0.4, 0.5) is 5.69 Å². The van der Waals surface area contributed by atoms with Crippen molar-refractivity contribution in [1.82, 2.24) is 15.2 Å². The molecule has 1 atom stereocenters. The number of anilines is 1. The van der Waals surface area contributed by atoms with Gasteiger partial charge in [-0.3, -0.25) is 9.89 Å². The zero-order valence-electron chi connectivity index (χ0n) is 12.7. The number of aromatic nitrogens is 3. The Morgan fingerprint density at radius 3 is 3.05 bits per heavy atom. The molecule has 22 heavy (non-hydrogen) atoms. The highest BCUT2D eigenvalue weighted by Crippen LogP contribution is 2.38. The number of aromatic amines is 1. The number of hydrogen-bond acceptors (Lipinski definition) is 4. The normalized spacial score (nSPS) is 15.5. The van der Waals surface area contributed by atoms with Crippen LogP contribution in [0.15, 0.2) is 24.3 Å². The van der Waals surface area contributed by atoms with Crippen molar-refractivity contribution in [3.05, 3.63) is 30.1 Å². The first-order valence-electron chi connectivity index (χ1n) is 7.76. The molecule has 1 saturated carbocycles. The predicted molar refractivity (Wildman–Crippen MR) is 85.3 cm³/mol. The summed E-state index contributed by atoms with van der Waals surface area (Å²) in [5.41, 5.74) is 7.42. The Kier molecular flexibility index (Phi) is 4.20. The average molecular weight is 299 g/mol. The molecule has 1 amide bonds. The molecule has 1 fully saturated rings. The van der Waals surface area contributed by atoms with Crippen LogP contribution >= 0.6 is 0 Å². The maximum atomic E-state index is 12.0. The first-order valence-corrected chi connectivity index (χ1v) is 7.76. The largest absolute Gasteiger partial charge is 0.325 e. The highest BCUT2D eigenvalue weighted by atomic mass is 16.2. The van der Waals surface area contributed by atoms with Gasteiger partial charge in [0.05, 0.1) is 6.04 Å². The Morgan fingerprint density at radius 1 is 1.50 bits per heavy atom. The summed E-state index contributed by atoms with van der Waals surface area (Å²) >= 11 is 0. The number of rotatable bonds is 6. The number of benzene rings is 1. The zero-order valence-corrected chi connectivity index (χ0v) is 12.7. The number of amides is 1. The summed E-state index contributed by atoms with van der Waals surface area (Å²) in [5.74, 6) is 1.99. The van der Waals surface area contributed by atoms with Gasteiger partial charge in [0.1, 0.15) is 5.82 Å². The Morgan fingerprint density at radius 2 is 2.32 bits per heavy atom. The lowest BCUT2D eigenvalue weighted by Crippen LogP contribution is -2.35. The predicted octanol–water partition coefficient (Wildman–Crippen LogP) is 2.42. The van der Waals surface area contributed by atoms with Crippen LogP contribution in [0.3, 0.4) is 0 Å². The molecule has 1 unspecified atom stereocenters.